The number of carbonyl (C=O) groups is 1. The average Bonchev–Trinajstić information content (AvgIpc) is 2.97. The van der Waals surface area contributed by atoms with Gasteiger partial charge in [-0.2, -0.15) is 17.6 Å². The maximum Gasteiger partial charge on any atom is 0.311 e. The first-order valence-corrected chi connectivity index (χ1v) is 16.1. The minimum Gasteiger partial charge on any atom is -0.441 e. The number of rotatable bonds is 7. The third-order valence-electron chi connectivity index (χ3n) is 8.16. The van der Waals surface area contributed by atoms with Gasteiger partial charge in [-0.3, -0.25) is 4.79 Å². The third kappa shape index (κ3) is 17.6. The molecule has 4 rings (SSSR count). The molecule has 0 bridgehead atoms. The normalized spacial score (nSPS) is 25.6. The van der Waals surface area contributed by atoms with Gasteiger partial charge in [-0.1, -0.05) is 88.1 Å². The van der Waals surface area contributed by atoms with Crippen LogP contribution in [0.15, 0.2) is 24.3 Å². The number of hydrogen-bond donors (Lipinski definition) is 0. The largest absolute Gasteiger partial charge is 0.441 e. The molecule has 0 heterocycles. The van der Waals surface area contributed by atoms with Crippen LogP contribution in [0.4, 0.5) is 22.0 Å². The highest BCUT2D eigenvalue weighted by atomic mass is 19.3. The van der Waals surface area contributed by atoms with Gasteiger partial charge in [0.25, 0.3) is 6.47 Å². The van der Waals surface area contributed by atoms with E-state index in [1.807, 2.05) is 38.1 Å². The van der Waals surface area contributed by atoms with Crippen molar-refractivity contribution in [2.45, 2.75) is 149 Å². The number of benzene rings is 1. The molecule has 0 N–H and O–H groups in total. The lowest BCUT2D eigenvalue weighted by molar-refractivity contribution is -0.146. The molecule has 3 nitrogen and oxygen atoms in total. The quantitative estimate of drug-likeness (QED) is 0.0955. The number of halogens is 5. The van der Waals surface area contributed by atoms with Gasteiger partial charge >= 0.3 is 11.8 Å². The van der Waals surface area contributed by atoms with Gasteiger partial charge in [0.1, 0.15) is 0 Å². The van der Waals surface area contributed by atoms with Crippen LogP contribution in [0.25, 0.3) is 0 Å². The fourth-order valence-electron chi connectivity index (χ4n) is 5.28. The van der Waals surface area contributed by atoms with E-state index >= 15 is 0 Å². The summed E-state index contributed by atoms with van der Waals surface area (Å²) in [5.74, 6) is 8.00. The van der Waals surface area contributed by atoms with Gasteiger partial charge < -0.3 is 9.47 Å². The molecule has 1 aromatic carbocycles. The molecule has 3 aliphatic carbocycles. The van der Waals surface area contributed by atoms with E-state index in [0.29, 0.717) is 64.3 Å². The molecule has 8 heteroatoms. The Labute approximate surface area is 281 Å². The van der Waals surface area contributed by atoms with Gasteiger partial charge in [-0.05, 0) is 89.0 Å². The molecule has 0 radical (unpaired) electrons. The first-order valence-electron chi connectivity index (χ1n) is 16.1. The number of ether oxygens (including phenoxy) is 2. The standard InChI is InChI=1S/C16H18F2.C11H15FO3.C10H14F2.2CH4/c1-13-7-9-14(10-8-13)12-15-6-4-2-3-5-11-16(15,17)18;1-11(12)6-3-2-4-10(5-7-11)15-9-14-8-13;1-2-9-7-5-3-4-6-8-10(9,11)12;;/h7-10,15H,2-4,6,12H2,1H3;8,10H,2,4-5,7,9H2,1H3;9H,2-5,7H2,1H3;2*1H4. The molecule has 1 aromatic rings. The molecular weight excluding hydrogens is 611 g/mol. The monoisotopic (exact) mass is 666 g/mol. The maximum atomic E-state index is 13.9. The van der Waals surface area contributed by atoms with E-state index < -0.39 is 29.3 Å². The summed E-state index contributed by atoms with van der Waals surface area (Å²) in [5.41, 5.74) is 0.712. The molecular formula is C39H55F5O3. The van der Waals surface area contributed by atoms with E-state index in [0.717, 1.165) is 43.2 Å². The molecule has 264 valence electrons. The fraction of sp³-hybridized carbons (Fsp3) is 0.667. The Kier molecular flexibility index (Phi) is 21.1. The summed E-state index contributed by atoms with van der Waals surface area (Å²) in [6.45, 7) is 5.55. The Hall–Kier alpha value is -3.02. The highest BCUT2D eigenvalue weighted by Crippen LogP contribution is 2.33. The molecule has 4 atom stereocenters. The topological polar surface area (TPSA) is 35.5 Å². The minimum absolute atomic E-state index is 0. The Bertz CT molecular complexity index is 1210. The van der Waals surface area contributed by atoms with Crippen molar-refractivity contribution >= 4 is 6.47 Å². The molecule has 3 aliphatic rings. The minimum atomic E-state index is -2.84. The first-order chi connectivity index (χ1) is 21.4. The zero-order valence-corrected chi connectivity index (χ0v) is 26.8. The second-order valence-corrected chi connectivity index (χ2v) is 12.1. The van der Waals surface area contributed by atoms with Gasteiger partial charge in [0.2, 0.25) is 0 Å². The number of alkyl halides is 5. The molecule has 0 aliphatic heterocycles. The van der Waals surface area contributed by atoms with E-state index in [9.17, 15) is 26.7 Å². The van der Waals surface area contributed by atoms with E-state index in [1.54, 1.807) is 0 Å². The van der Waals surface area contributed by atoms with Crippen molar-refractivity contribution in [2.24, 2.45) is 11.8 Å². The van der Waals surface area contributed by atoms with Crippen LogP contribution in [-0.2, 0) is 20.7 Å². The van der Waals surface area contributed by atoms with E-state index in [1.165, 1.54) is 6.92 Å². The predicted octanol–water partition coefficient (Wildman–Crippen LogP) is 10.7. The van der Waals surface area contributed by atoms with Gasteiger partial charge in [0.05, 0.1) is 6.10 Å². The summed E-state index contributed by atoms with van der Waals surface area (Å²) in [6, 6.07) is 7.83. The van der Waals surface area contributed by atoms with E-state index in [-0.39, 0.29) is 27.8 Å². The molecule has 47 heavy (non-hydrogen) atoms. The van der Waals surface area contributed by atoms with Crippen LogP contribution in [0.2, 0.25) is 0 Å². The lowest BCUT2D eigenvalue weighted by Crippen LogP contribution is -2.29. The number of carbonyl (C=O) groups excluding carboxylic acids is 1. The first kappa shape index (κ1) is 44.0. The highest BCUT2D eigenvalue weighted by molar-refractivity contribution is 5.36. The lowest BCUT2D eigenvalue weighted by atomic mass is 9.87. The number of aryl methyl sites for hydroxylation is 1. The summed E-state index contributed by atoms with van der Waals surface area (Å²) in [7, 11) is 0. The van der Waals surface area contributed by atoms with Crippen LogP contribution >= 0.6 is 0 Å². The maximum absolute atomic E-state index is 13.9. The summed E-state index contributed by atoms with van der Waals surface area (Å²) < 4.78 is 77.3. The molecule has 0 saturated heterocycles. The second kappa shape index (κ2) is 22.5. The Morgan fingerprint density at radius 1 is 0.787 bits per heavy atom. The summed E-state index contributed by atoms with van der Waals surface area (Å²) in [5, 5.41) is 0. The van der Waals surface area contributed by atoms with Crippen molar-refractivity contribution in [1.29, 1.82) is 0 Å². The second-order valence-electron chi connectivity index (χ2n) is 12.1. The van der Waals surface area contributed by atoms with Crippen molar-refractivity contribution in [3.63, 3.8) is 0 Å². The van der Waals surface area contributed by atoms with Crippen LogP contribution in [-0.4, -0.2) is 36.9 Å². The Morgan fingerprint density at radius 2 is 1.34 bits per heavy atom. The van der Waals surface area contributed by atoms with Crippen LogP contribution < -0.4 is 0 Å². The van der Waals surface area contributed by atoms with Crippen molar-refractivity contribution in [3.8, 4) is 35.5 Å². The smallest absolute Gasteiger partial charge is 0.311 e. The zero-order chi connectivity index (χ0) is 33.2. The lowest BCUT2D eigenvalue weighted by Gasteiger charge is -2.24. The average molecular weight is 667 g/mol. The van der Waals surface area contributed by atoms with Crippen molar-refractivity contribution in [2.75, 3.05) is 6.79 Å². The summed E-state index contributed by atoms with van der Waals surface area (Å²) in [4.78, 5) is 9.89. The highest BCUT2D eigenvalue weighted by Gasteiger charge is 2.38. The Morgan fingerprint density at radius 3 is 1.91 bits per heavy atom. The molecule has 0 amide bonds. The SMILES string of the molecule is C.C.CC1(F)C#CCCC(OCOC=O)CC1.CCC1CCCCC#CC1(F)F.Cc1ccc(CC2CCCCC#CC2(F)F)cc1. The van der Waals surface area contributed by atoms with E-state index in [2.05, 4.69) is 40.3 Å². The van der Waals surface area contributed by atoms with Crippen LogP contribution in [0.3, 0.4) is 0 Å². The van der Waals surface area contributed by atoms with Crippen molar-refractivity contribution < 1.29 is 36.2 Å². The van der Waals surface area contributed by atoms with Gasteiger partial charge in [0.15, 0.2) is 12.5 Å². The summed E-state index contributed by atoms with van der Waals surface area (Å²) >= 11 is 0. The van der Waals surface area contributed by atoms with Gasteiger partial charge in [-0.15, -0.1) is 0 Å². The summed E-state index contributed by atoms with van der Waals surface area (Å²) in [6.07, 6.45) is 9.27. The van der Waals surface area contributed by atoms with E-state index in [4.69, 9.17) is 4.74 Å². The molecule has 4 unspecified atom stereocenters. The zero-order valence-electron chi connectivity index (χ0n) is 26.8. The third-order valence-corrected chi connectivity index (χ3v) is 8.16. The van der Waals surface area contributed by atoms with Crippen molar-refractivity contribution in [1.82, 2.24) is 0 Å². The van der Waals surface area contributed by atoms with Crippen LogP contribution in [0, 0.1) is 54.3 Å². The predicted molar refractivity (Wildman–Crippen MR) is 181 cm³/mol. The van der Waals surface area contributed by atoms with Gasteiger partial charge in [-0.25, -0.2) is 4.39 Å². The molecule has 0 fully saturated rings. The van der Waals surface area contributed by atoms with Gasteiger partial charge in [0, 0.05) is 31.1 Å². The number of hydrogen-bond acceptors (Lipinski definition) is 3. The molecule has 0 saturated carbocycles. The molecule has 0 aromatic heterocycles. The van der Waals surface area contributed by atoms with Crippen LogP contribution in [0.1, 0.15) is 123 Å². The Balaban J connectivity index is 0.000000675. The molecule has 0 spiro atoms. The fourth-order valence-corrected chi connectivity index (χ4v) is 5.28. The van der Waals surface area contributed by atoms with Crippen LogP contribution in [0.5, 0.6) is 0 Å². The van der Waals surface area contributed by atoms with Crippen molar-refractivity contribution in [3.05, 3.63) is 35.4 Å².